The molecular weight excluding hydrogens is 214 g/mol. The molecule has 0 spiro atoms. The van der Waals surface area contributed by atoms with Crippen molar-refractivity contribution >= 4 is 11.7 Å². The van der Waals surface area contributed by atoms with Crippen LogP contribution in [-0.2, 0) is 4.79 Å². The Morgan fingerprint density at radius 3 is 3.18 bits per heavy atom. The number of anilines is 1. The zero-order chi connectivity index (χ0) is 12.1. The standard InChI is InChI=1S/C13H19N3O/c1-10-3-2-4-12(15-10)16-13(17)6-5-11-7-8-14-9-11/h2-4,11,14H,5-9H2,1H3,(H,15,16,17). The van der Waals surface area contributed by atoms with Crippen LogP contribution in [0.5, 0.6) is 0 Å². The molecule has 1 amide bonds. The second-order valence-corrected chi connectivity index (χ2v) is 4.61. The first-order chi connectivity index (χ1) is 8.24. The van der Waals surface area contributed by atoms with E-state index < -0.39 is 0 Å². The average molecular weight is 233 g/mol. The van der Waals surface area contributed by atoms with Gasteiger partial charge in [0.25, 0.3) is 0 Å². The third-order valence-corrected chi connectivity index (χ3v) is 3.10. The highest BCUT2D eigenvalue weighted by molar-refractivity contribution is 5.89. The molecule has 0 bridgehead atoms. The van der Waals surface area contributed by atoms with E-state index in [0.29, 0.717) is 18.2 Å². The molecule has 1 aliphatic heterocycles. The highest BCUT2D eigenvalue weighted by Crippen LogP contribution is 2.14. The van der Waals surface area contributed by atoms with Gasteiger partial charge in [0.15, 0.2) is 0 Å². The van der Waals surface area contributed by atoms with Gasteiger partial charge in [-0.1, -0.05) is 6.07 Å². The zero-order valence-electron chi connectivity index (χ0n) is 10.2. The van der Waals surface area contributed by atoms with Crippen molar-refractivity contribution in [3.8, 4) is 0 Å². The molecular formula is C13H19N3O. The van der Waals surface area contributed by atoms with Gasteiger partial charge in [0, 0.05) is 12.1 Å². The first-order valence-electron chi connectivity index (χ1n) is 6.18. The summed E-state index contributed by atoms with van der Waals surface area (Å²) in [7, 11) is 0. The summed E-state index contributed by atoms with van der Waals surface area (Å²) in [4.78, 5) is 16.0. The molecule has 4 nitrogen and oxygen atoms in total. The summed E-state index contributed by atoms with van der Waals surface area (Å²) in [5.74, 6) is 1.38. The fourth-order valence-corrected chi connectivity index (χ4v) is 2.11. The van der Waals surface area contributed by atoms with Gasteiger partial charge in [-0.15, -0.1) is 0 Å². The molecule has 0 aliphatic carbocycles. The minimum atomic E-state index is 0.0648. The topological polar surface area (TPSA) is 54.0 Å². The number of pyridine rings is 1. The lowest BCUT2D eigenvalue weighted by Crippen LogP contribution is -2.15. The zero-order valence-corrected chi connectivity index (χ0v) is 10.2. The second kappa shape index (κ2) is 5.77. The quantitative estimate of drug-likeness (QED) is 0.832. The van der Waals surface area contributed by atoms with E-state index in [9.17, 15) is 4.79 Å². The van der Waals surface area contributed by atoms with E-state index >= 15 is 0 Å². The van der Waals surface area contributed by atoms with Crippen LogP contribution in [0.1, 0.15) is 25.0 Å². The molecule has 0 aromatic carbocycles. The van der Waals surface area contributed by atoms with Crippen LogP contribution in [0, 0.1) is 12.8 Å². The second-order valence-electron chi connectivity index (χ2n) is 4.61. The Labute approximate surface area is 102 Å². The number of rotatable bonds is 4. The molecule has 2 heterocycles. The van der Waals surface area contributed by atoms with Gasteiger partial charge in [0.1, 0.15) is 5.82 Å². The molecule has 1 aromatic rings. The summed E-state index contributed by atoms with van der Waals surface area (Å²) in [5.41, 5.74) is 0.919. The lowest BCUT2D eigenvalue weighted by atomic mass is 10.0. The van der Waals surface area contributed by atoms with Crippen LogP contribution in [0.2, 0.25) is 0 Å². The van der Waals surface area contributed by atoms with E-state index in [1.165, 1.54) is 6.42 Å². The molecule has 17 heavy (non-hydrogen) atoms. The van der Waals surface area contributed by atoms with Crippen molar-refractivity contribution in [3.63, 3.8) is 0 Å². The first kappa shape index (κ1) is 12.0. The van der Waals surface area contributed by atoms with Crippen LogP contribution in [0.25, 0.3) is 0 Å². The van der Waals surface area contributed by atoms with E-state index in [2.05, 4.69) is 15.6 Å². The largest absolute Gasteiger partial charge is 0.316 e. The summed E-state index contributed by atoms with van der Waals surface area (Å²) >= 11 is 0. The number of hydrogen-bond acceptors (Lipinski definition) is 3. The normalized spacial score (nSPS) is 19.2. The Morgan fingerprint density at radius 2 is 2.47 bits per heavy atom. The fraction of sp³-hybridized carbons (Fsp3) is 0.538. The monoisotopic (exact) mass is 233 g/mol. The highest BCUT2D eigenvalue weighted by atomic mass is 16.1. The molecule has 0 saturated carbocycles. The van der Waals surface area contributed by atoms with Gasteiger partial charge in [0.2, 0.25) is 5.91 Å². The van der Waals surface area contributed by atoms with Crippen LogP contribution in [0.3, 0.4) is 0 Å². The summed E-state index contributed by atoms with van der Waals surface area (Å²) in [6.45, 7) is 4.06. The van der Waals surface area contributed by atoms with Crippen LogP contribution in [0.15, 0.2) is 18.2 Å². The van der Waals surface area contributed by atoms with E-state index in [1.54, 1.807) is 0 Å². The van der Waals surface area contributed by atoms with Crippen molar-refractivity contribution < 1.29 is 4.79 Å². The Kier molecular flexibility index (Phi) is 4.09. The maximum atomic E-state index is 11.7. The average Bonchev–Trinajstić information content (AvgIpc) is 2.79. The number of hydrogen-bond donors (Lipinski definition) is 2. The minimum Gasteiger partial charge on any atom is -0.316 e. The number of nitrogens with zero attached hydrogens (tertiary/aromatic N) is 1. The highest BCUT2D eigenvalue weighted by Gasteiger charge is 2.15. The van der Waals surface area contributed by atoms with Gasteiger partial charge in [-0.2, -0.15) is 0 Å². The molecule has 1 aromatic heterocycles. The van der Waals surface area contributed by atoms with Crippen molar-refractivity contribution in [1.82, 2.24) is 10.3 Å². The number of aromatic nitrogens is 1. The van der Waals surface area contributed by atoms with Gasteiger partial charge in [0.05, 0.1) is 0 Å². The lowest BCUT2D eigenvalue weighted by Gasteiger charge is -2.08. The van der Waals surface area contributed by atoms with Crippen molar-refractivity contribution in [2.45, 2.75) is 26.2 Å². The predicted octanol–water partition coefficient (Wildman–Crippen LogP) is 1.72. The smallest absolute Gasteiger partial charge is 0.225 e. The molecule has 92 valence electrons. The fourth-order valence-electron chi connectivity index (χ4n) is 2.11. The van der Waals surface area contributed by atoms with Gasteiger partial charge >= 0.3 is 0 Å². The molecule has 1 saturated heterocycles. The van der Waals surface area contributed by atoms with Gasteiger partial charge < -0.3 is 10.6 Å². The Hall–Kier alpha value is -1.42. The van der Waals surface area contributed by atoms with E-state index in [1.807, 2.05) is 25.1 Å². The number of amides is 1. The van der Waals surface area contributed by atoms with Crippen molar-refractivity contribution in [2.75, 3.05) is 18.4 Å². The summed E-state index contributed by atoms with van der Waals surface area (Å²) in [6.07, 6.45) is 2.74. The van der Waals surface area contributed by atoms with Crippen molar-refractivity contribution in [1.29, 1.82) is 0 Å². The van der Waals surface area contributed by atoms with Gasteiger partial charge in [-0.05, 0) is 50.9 Å². The first-order valence-corrected chi connectivity index (χ1v) is 6.18. The Balaban J connectivity index is 1.76. The Morgan fingerprint density at radius 1 is 1.59 bits per heavy atom. The molecule has 4 heteroatoms. The Bertz CT molecular complexity index is 386. The molecule has 1 unspecified atom stereocenters. The maximum Gasteiger partial charge on any atom is 0.225 e. The number of nitrogens with one attached hydrogen (secondary N) is 2. The third-order valence-electron chi connectivity index (χ3n) is 3.10. The molecule has 1 atom stereocenters. The summed E-state index contributed by atoms with van der Waals surface area (Å²) in [6, 6.07) is 5.64. The maximum absolute atomic E-state index is 11.7. The molecule has 0 radical (unpaired) electrons. The van der Waals surface area contributed by atoms with Crippen molar-refractivity contribution in [2.24, 2.45) is 5.92 Å². The van der Waals surface area contributed by atoms with Crippen LogP contribution in [-0.4, -0.2) is 24.0 Å². The van der Waals surface area contributed by atoms with Crippen LogP contribution < -0.4 is 10.6 Å². The summed E-state index contributed by atoms with van der Waals surface area (Å²) < 4.78 is 0. The predicted molar refractivity (Wildman–Crippen MR) is 67.8 cm³/mol. The number of carbonyl (C=O) groups is 1. The van der Waals surface area contributed by atoms with E-state index in [0.717, 1.165) is 25.2 Å². The van der Waals surface area contributed by atoms with Crippen LogP contribution >= 0.6 is 0 Å². The summed E-state index contributed by atoms with van der Waals surface area (Å²) in [5, 5.41) is 6.15. The van der Waals surface area contributed by atoms with Gasteiger partial charge in [-0.25, -0.2) is 4.98 Å². The molecule has 2 rings (SSSR count). The van der Waals surface area contributed by atoms with E-state index in [-0.39, 0.29) is 5.91 Å². The van der Waals surface area contributed by atoms with Crippen molar-refractivity contribution in [3.05, 3.63) is 23.9 Å². The lowest BCUT2D eigenvalue weighted by molar-refractivity contribution is -0.116. The number of aryl methyl sites for hydroxylation is 1. The number of carbonyl (C=O) groups excluding carboxylic acids is 1. The molecule has 1 fully saturated rings. The minimum absolute atomic E-state index is 0.0648. The SMILES string of the molecule is Cc1cccc(NC(=O)CCC2CCNC2)n1. The van der Waals surface area contributed by atoms with Gasteiger partial charge in [-0.3, -0.25) is 4.79 Å². The third kappa shape index (κ3) is 3.82. The van der Waals surface area contributed by atoms with Crippen LogP contribution in [0.4, 0.5) is 5.82 Å². The molecule has 2 N–H and O–H groups in total. The molecule has 1 aliphatic rings. The van der Waals surface area contributed by atoms with E-state index in [4.69, 9.17) is 0 Å².